The molecule has 1 amide bonds. The Morgan fingerprint density at radius 2 is 2.00 bits per heavy atom. The molecule has 1 aliphatic rings. The van der Waals surface area contributed by atoms with Gasteiger partial charge in [-0.1, -0.05) is 24.3 Å². The monoisotopic (exact) mass is 511 g/mol. The number of fused-ring (bicyclic) bond motifs is 1. The molecular formula is C28H26FN7O2. The molecule has 2 heterocycles. The molecule has 2 aromatic heterocycles. The maximum Gasteiger partial charge on any atom is 0.262 e. The van der Waals surface area contributed by atoms with Gasteiger partial charge in [0.2, 0.25) is 0 Å². The third kappa shape index (κ3) is 5.32. The molecule has 0 bridgehead atoms. The van der Waals surface area contributed by atoms with Crippen LogP contribution in [-0.2, 0) is 11.3 Å². The number of nitrogens with zero attached hydrogens (tertiary/aromatic N) is 5. The topological polar surface area (TPSA) is 132 Å². The van der Waals surface area contributed by atoms with Crippen molar-refractivity contribution in [1.29, 1.82) is 5.26 Å². The molecule has 0 aliphatic heterocycles. The standard InChI is InChI=1S/C28H26FN7O2/c1-28(2,34-27(37)18(14-30)12-17-8-9-17)15-36-26-23(25(31)32-16-33-26)24(35-36)21-11-10-20(13-22(21)29)38-19-6-4-3-5-7-19/h3-7,10-13,16-17H,8-9,15H2,1-2H3,(H,34,37)(H2,31,32,33)/b18-12+. The van der Waals surface area contributed by atoms with Gasteiger partial charge in [0.1, 0.15) is 46.8 Å². The Bertz CT molecular complexity index is 1580. The maximum absolute atomic E-state index is 15.3. The molecule has 5 rings (SSSR count). The number of aromatic nitrogens is 4. The minimum absolute atomic E-state index is 0.0954. The second-order valence-electron chi connectivity index (χ2n) is 9.89. The lowest BCUT2D eigenvalue weighted by Gasteiger charge is -2.26. The molecule has 192 valence electrons. The fraction of sp³-hybridized carbons (Fsp3) is 0.250. The van der Waals surface area contributed by atoms with Crippen molar-refractivity contribution in [3.63, 3.8) is 0 Å². The van der Waals surface area contributed by atoms with Crippen LogP contribution >= 0.6 is 0 Å². The number of hydrogen-bond acceptors (Lipinski definition) is 7. The molecule has 3 N–H and O–H groups in total. The Morgan fingerprint density at radius 3 is 2.68 bits per heavy atom. The Hall–Kier alpha value is -4.78. The van der Waals surface area contributed by atoms with Gasteiger partial charge in [-0.25, -0.2) is 19.0 Å². The van der Waals surface area contributed by atoms with E-state index in [1.807, 2.05) is 38.1 Å². The number of nitriles is 1. The van der Waals surface area contributed by atoms with E-state index in [9.17, 15) is 10.1 Å². The molecule has 0 unspecified atom stereocenters. The Labute approximate surface area is 218 Å². The summed E-state index contributed by atoms with van der Waals surface area (Å²) in [6, 6.07) is 15.6. The predicted octanol–water partition coefficient (Wildman–Crippen LogP) is 4.76. The number of amides is 1. The molecule has 0 radical (unpaired) electrons. The third-order valence-electron chi connectivity index (χ3n) is 6.12. The second kappa shape index (κ2) is 9.94. The lowest BCUT2D eigenvalue weighted by Crippen LogP contribution is -2.47. The van der Waals surface area contributed by atoms with E-state index in [0.717, 1.165) is 12.8 Å². The highest BCUT2D eigenvalue weighted by Crippen LogP contribution is 2.35. The molecule has 38 heavy (non-hydrogen) atoms. The molecule has 0 atom stereocenters. The van der Waals surface area contributed by atoms with Crippen LogP contribution in [0, 0.1) is 23.1 Å². The zero-order valence-electron chi connectivity index (χ0n) is 21.0. The number of rotatable bonds is 8. The lowest BCUT2D eigenvalue weighted by molar-refractivity contribution is -0.118. The summed E-state index contributed by atoms with van der Waals surface area (Å²) < 4.78 is 22.7. The summed E-state index contributed by atoms with van der Waals surface area (Å²) in [6.07, 6.45) is 5.00. The number of nitrogens with one attached hydrogen (secondary N) is 1. The fourth-order valence-electron chi connectivity index (χ4n) is 4.16. The van der Waals surface area contributed by atoms with Gasteiger partial charge < -0.3 is 15.8 Å². The van der Waals surface area contributed by atoms with Crippen molar-refractivity contribution in [2.24, 2.45) is 5.92 Å². The quantitative estimate of drug-likeness (QED) is 0.257. The van der Waals surface area contributed by atoms with Crippen molar-refractivity contribution < 1.29 is 13.9 Å². The van der Waals surface area contributed by atoms with E-state index in [-0.39, 0.29) is 35.1 Å². The number of nitrogen functional groups attached to an aromatic ring is 1. The maximum atomic E-state index is 15.3. The van der Waals surface area contributed by atoms with E-state index in [4.69, 9.17) is 10.5 Å². The molecule has 9 nitrogen and oxygen atoms in total. The summed E-state index contributed by atoms with van der Waals surface area (Å²) in [7, 11) is 0. The first-order chi connectivity index (χ1) is 18.2. The summed E-state index contributed by atoms with van der Waals surface area (Å²) in [5.41, 5.74) is 6.33. The number of benzene rings is 2. The average molecular weight is 512 g/mol. The Morgan fingerprint density at radius 1 is 1.24 bits per heavy atom. The lowest BCUT2D eigenvalue weighted by atomic mass is 10.0. The van der Waals surface area contributed by atoms with Gasteiger partial charge in [0.25, 0.3) is 5.91 Å². The number of halogens is 1. The minimum atomic E-state index is -0.821. The van der Waals surface area contributed by atoms with Crippen LogP contribution in [0.3, 0.4) is 0 Å². The molecule has 1 saturated carbocycles. The minimum Gasteiger partial charge on any atom is -0.457 e. The van der Waals surface area contributed by atoms with Crippen LogP contribution in [0.4, 0.5) is 10.2 Å². The van der Waals surface area contributed by atoms with E-state index < -0.39 is 17.3 Å². The van der Waals surface area contributed by atoms with Gasteiger partial charge in [-0.05, 0) is 56.9 Å². The van der Waals surface area contributed by atoms with E-state index in [1.54, 1.807) is 35.0 Å². The number of nitrogens with two attached hydrogens (primary N) is 1. The zero-order valence-corrected chi connectivity index (χ0v) is 21.0. The molecule has 1 fully saturated rings. The summed E-state index contributed by atoms with van der Waals surface area (Å²) in [4.78, 5) is 21.2. The molecule has 0 saturated heterocycles. The summed E-state index contributed by atoms with van der Waals surface area (Å²) in [5.74, 6) is 0.362. The first kappa shape index (κ1) is 24.9. The second-order valence-corrected chi connectivity index (χ2v) is 9.89. The van der Waals surface area contributed by atoms with Crippen molar-refractivity contribution in [3.8, 4) is 28.8 Å². The van der Waals surface area contributed by atoms with Gasteiger partial charge in [0, 0.05) is 11.6 Å². The van der Waals surface area contributed by atoms with Crippen molar-refractivity contribution >= 4 is 22.8 Å². The highest BCUT2D eigenvalue weighted by atomic mass is 19.1. The van der Waals surface area contributed by atoms with Crippen molar-refractivity contribution in [2.75, 3.05) is 5.73 Å². The van der Waals surface area contributed by atoms with E-state index in [2.05, 4.69) is 20.4 Å². The van der Waals surface area contributed by atoms with E-state index in [1.165, 1.54) is 12.4 Å². The molecule has 0 spiro atoms. The normalized spacial score (nSPS) is 13.8. The van der Waals surface area contributed by atoms with Crippen LogP contribution in [0.2, 0.25) is 0 Å². The number of allylic oxidation sites excluding steroid dienone is 1. The Kier molecular flexibility index (Phi) is 6.51. The van der Waals surface area contributed by atoms with Gasteiger partial charge in [-0.2, -0.15) is 10.4 Å². The largest absolute Gasteiger partial charge is 0.457 e. The number of carbonyl (C=O) groups excluding carboxylic acids is 1. The summed E-state index contributed by atoms with van der Waals surface area (Å²) in [5, 5.41) is 17.4. The van der Waals surface area contributed by atoms with Gasteiger partial charge in [0.05, 0.1) is 17.5 Å². The highest BCUT2D eigenvalue weighted by Gasteiger charge is 2.28. The van der Waals surface area contributed by atoms with Crippen molar-refractivity contribution in [2.45, 2.75) is 38.8 Å². The summed E-state index contributed by atoms with van der Waals surface area (Å²) in [6.45, 7) is 3.81. The van der Waals surface area contributed by atoms with Crippen molar-refractivity contribution in [1.82, 2.24) is 25.1 Å². The average Bonchev–Trinajstić information content (AvgIpc) is 3.63. The van der Waals surface area contributed by atoms with Crippen LogP contribution < -0.4 is 15.8 Å². The number of para-hydroxylation sites is 1. The van der Waals surface area contributed by atoms with Crippen LogP contribution in [0.5, 0.6) is 11.5 Å². The number of carbonyl (C=O) groups is 1. The smallest absolute Gasteiger partial charge is 0.262 e. The molecule has 2 aromatic carbocycles. The van der Waals surface area contributed by atoms with Gasteiger partial charge in [-0.15, -0.1) is 0 Å². The first-order valence-electron chi connectivity index (χ1n) is 12.2. The zero-order chi connectivity index (χ0) is 26.9. The highest BCUT2D eigenvalue weighted by molar-refractivity contribution is 5.99. The molecule has 10 heteroatoms. The predicted molar refractivity (Wildman–Crippen MR) is 140 cm³/mol. The van der Waals surface area contributed by atoms with Gasteiger partial charge >= 0.3 is 0 Å². The first-order valence-corrected chi connectivity index (χ1v) is 12.2. The molecular weight excluding hydrogens is 485 g/mol. The number of ether oxygens (including phenoxy) is 1. The van der Waals surface area contributed by atoms with Crippen LogP contribution in [-0.4, -0.2) is 31.2 Å². The summed E-state index contributed by atoms with van der Waals surface area (Å²) >= 11 is 0. The molecule has 1 aliphatic carbocycles. The fourth-order valence-corrected chi connectivity index (χ4v) is 4.16. The van der Waals surface area contributed by atoms with Gasteiger partial charge in [0.15, 0.2) is 5.65 Å². The number of hydrogen-bond donors (Lipinski definition) is 2. The Balaban J connectivity index is 1.45. The van der Waals surface area contributed by atoms with Crippen LogP contribution in [0.15, 0.2) is 66.5 Å². The number of anilines is 1. The van der Waals surface area contributed by atoms with E-state index in [0.29, 0.717) is 22.5 Å². The third-order valence-corrected chi connectivity index (χ3v) is 6.12. The van der Waals surface area contributed by atoms with E-state index >= 15 is 4.39 Å². The van der Waals surface area contributed by atoms with Crippen LogP contribution in [0.1, 0.15) is 26.7 Å². The van der Waals surface area contributed by atoms with Crippen molar-refractivity contribution in [3.05, 3.63) is 72.3 Å². The van der Waals surface area contributed by atoms with Crippen LogP contribution in [0.25, 0.3) is 22.3 Å². The SMILES string of the molecule is CC(C)(Cn1nc(-c2ccc(Oc3ccccc3)cc2F)c2c(N)ncnc21)NC(=O)/C(C#N)=C/C1CC1. The molecule has 4 aromatic rings. The van der Waals surface area contributed by atoms with Gasteiger partial charge in [-0.3, -0.25) is 4.79 Å².